The van der Waals surface area contributed by atoms with Gasteiger partial charge in [-0.15, -0.1) is 0 Å². The Labute approximate surface area is 421 Å². The molecule has 1 unspecified atom stereocenters. The minimum absolute atomic E-state index is 0.0762. The van der Waals surface area contributed by atoms with Crippen LogP contribution in [0.4, 0.5) is 0 Å². The Balaban J connectivity index is 4.13. The van der Waals surface area contributed by atoms with E-state index in [0.717, 1.165) is 77.0 Å². The molecule has 0 saturated heterocycles. The van der Waals surface area contributed by atoms with E-state index in [1.54, 1.807) is 0 Å². The fourth-order valence-electron chi connectivity index (χ4n) is 8.30. The fourth-order valence-corrected chi connectivity index (χ4v) is 8.30. The van der Waals surface area contributed by atoms with Crippen molar-refractivity contribution in [3.63, 3.8) is 0 Å². The van der Waals surface area contributed by atoms with Gasteiger partial charge in [-0.3, -0.25) is 14.4 Å². The van der Waals surface area contributed by atoms with E-state index in [1.807, 2.05) is 0 Å². The molecule has 0 bridgehead atoms. The summed E-state index contributed by atoms with van der Waals surface area (Å²) in [5, 5.41) is 0. The molecule has 0 aliphatic rings. The first-order chi connectivity index (χ1) is 33.5. The van der Waals surface area contributed by atoms with Gasteiger partial charge in [-0.25, -0.2) is 0 Å². The highest BCUT2D eigenvalue weighted by molar-refractivity contribution is 5.71. The number of esters is 3. The van der Waals surface area contributed by atoms with Crippen LogP contribution < -0.4 is 0 Å². The highest BCUT2D eigenvalue weighted by atomic mass is 16.6. The van der Waals surface area contributed by atoms with Gasteiger partial charge in [-0.2, -0.15) is 0 Å². The molecular formula is C62H110O6. The van der Waals surface area contributed by atoms with Crippen molar-refractivity contribution in [1.82, 2.24) is 0 Å². The number of ether oxygens (including phenoxy) is 3. The molecule has 68 heavy (non-hydrogen) atoms. The highest BCUT2D eigenvalue weighted by Crippen LogP contribution is 2.16. The van der Waals surface area contributed by atoms with E-state index >= 15 is 0 Å². The Bertz CT molecular complexity index is 1230. The Hall–Kier alpha value is -2.89. The fraction of sp³-hybridized carbons (Fsp3) is 0.790. The Morgan fingerprint density at radius 3 is 0.853 bits per heavy atom. The first-order valence-corrected chi connectivity index (χ1v) is 29.3. The standard InChI is InChI=1S/C62H110O6/c1-4-7-10-13-16-18-20-22-24-26-28-29-30-31-32-33-35-36-38-40-42-44-46-49-52-55-61(64)67-58-59(57-66-60(63)54-51-48-15-12-9-6-3)68-62(65)56-53-50-47-45-43-41-39-37-34-27-25-23-21-19-17-14-11-8-5-2/h17,19-20,22-23,25-26,28,30-31,59H,4-16,18,21,24,27,29,32-58H2,1-3H3/b19-17-,22-20-,25-23-,28-26-,31-30-. The summed E-state index contributed by atoms with van der Waals surface area (Å²) in [5.41, 5.74) is 0. The van der Waals surface area contributed by atoms with Crippen LogP contribution in [0, 0.1) is 0 Å². The summed E-state index contributed by atoms with van der Waals surface area (Å²) in [6.07, 6.45) is 71.0. The van der Waals surface area contributed by atoms with Gasteiger partial charge >= 0.3 is 17.9 Å². The smallest absolute Gasteiger partial charge is 0.306 e. The van der Waals surface area contributed by atoms with E-state index in [-0.39, 0.29) is 31.1 Å². The van der Waals surface area contributed by atoms with Gasteiger partial charge in [0.1, 0.15) is 13.2 Å². The molecule has 0 amide bonds. The zero-order valence-electron chi connectivity index (χ0n) is 45.1. The van der Waals surface area contributed by atoms with Crippen molar-refractivity contribution in [3.05, 3.63) is 60.8 Å². The topological polar surface area (TPSA) is 78.9 Å². The number of hydrogen-bond donors (Lipinski definition) is 0. The molecule has 0 rings (SSSR count). The molecule has 0 saturated carbocycles. The van der Waals surface area contributed by atoms with E-state index in [2.05, 4.69) is 81.5 Å². The quantitative estimate of drug-likeness (QED) is 0.0262. The van der Waals surface area contributed by atoms with Gasteiger partial charge in [0.2, 0.25) is 0 Å². The summed E-state index contributed by atoms with van der Waals surface area (Å²) in [6.45, 7) is 6.56. The van der Waals surface area contributed by atoms with Crippen molar-refractivity contribution in [1.29, 1.82) is 0 Å². The monoisotopic (exact) mass is 951 g/mol. The van der Waals surface area contributed by atoms with E-state index < -0.39 is 6.10 Å². The molecule has 0 N–H and O–H groups in total. The molecule has 6 heteroatoms. The van der Waals surface area contributed by atoms with Crippen LogP contribution in [0.5, 0.6) is 0 Å². The summed E-state index contributed by atoms with van der Waals surface area (Å²) < 4.78 is 16.8. The first-order valence-electron chi connectivity index (χ1n) is 29.3. The summed E-state index contributed by atoms with van der Waals surface area (Å²) in [5.74, 6) is -0.885. The zero-order valence-corrected chi connectivity index (χ0v) is 45.1. The second-order valence-corrected chi connectivity index (χ2v) is 19.6. The molecule has 0 aliphatic heterocycles. The Morgan fingerprint density at radius 1 is 0.294 bits per heavy atom. The maximum atomic E-state index is 12.8. The van der Waals surface area contributed by atoms with Crippen LogP contribution in [0.25, 0.3) is 0 Å². The minimum atomic E-state index is -0.774. The van der Waals surface area contributed by atoms with Crippen LogP contribution in [0.3, 0.4) is 0 Å². The lowest BCUT2D eigenvalue weighted by Crippen LogP contribution is -2.30. The van der Waals surface area contributed by atoms with Crippen molar-refractivity contribution < 1.29 is 28.6 Å². The van der Waals surface area contributed by atoms with Crippen LogP contribution in [-0.4, -0.2) is 37.2 Å². The number of carbonyl (C=O) groups is 3. The van der Waals surface area contributed by atoms with Crippen LogP contribution in [-0.2, 0) is 28.6 Å². The van der Waals surface area contributed by atoms with Crippen LogP contribution in [0.2, 0.25) is 0 Å². The Kier molecular flexibility index (Phi) is 54.3. The van der Waals surface area contributed by atoms with Crippen molar-refractivity contribution in [2.75, 3.05) is 13.2 Å². The van der Waals surface area contributed by atoms with Gasteiger partial charge in [0.05, 0.1) is 0 Å². The van der Waals surface area contributed by atoms with Gasteiger partial charge in [0.15, 0.2) is 6.10 Å². The third kappa shape index (κ3) is 54.1. The molecule has 0 aromatic rings. The lowest BCUT2D eigenvalue weighted by molar-refractivity contribution is -0.167. The van der Waals surface area contributed by atoms with E-state index in [1.165, 1.54) is 180 Å². The molecule has 1 atom stereocenters. The van der Waals surface area contributed by atoms with Gasteiger partial charge in [0.25, 0.3) is 0 Å². The molecule has 0 aromatic carbocycles. The molecule has 0 spiro atoms. The molecule has 394 valence electrons. The van der Waals surface area contributed by atoms with Gasteiger partial charge in [-0.05, 0) is 89.9 Å². The van der Waals surface area contributed by atoms with Crippen LogP contribution >= 0.6 is 0 Å². The normalized spacial score (nSPS) is 12.5. The average molecular weight is 952 g/mol. The van der Waals surface area contributed by atoms with Gasteiger partial charge in [0, 0.05) is 19.3 Å². The van der Waals surface area contributed by atoms with Crippen molar-refractivity contribution in [2.45, 2.75) is 303 Å². The van der Waals surface area contributed by atoms with Crippen molar-refractivity contribution in [3.8, 4) is 0 Å². The molecule has 0 fully saturated rings. The number of rotatable bonds is 53. The lowest BCUT2D eigenvalue weighted by atomic mass is 10.0. The number of allylic oxidation sites excluding steroid dienone is 10. The zero-order chi connectivity index (χ0) is 49.3. The van der Waals surface area contributed by atoms with Crippen molar-refractivity contribution >= 4 is 17.9 Å². The summed E-state index contributed by atoms with van der Waals surface area (Å²) in [6, 6.07) is 0. The summed E-state index contributed by atoms with van der Waals surface area (Å²) >= 11 is 0. The summed E-state index contributed by atoms with van der Waals surface area (Å²) in [4.78, 5) is 37.9. The SMILES string of the molecule is CCCCC/C=C\C/C=C\CCCCCCCCCCCC(=O)OC(COC(=O)CCCCCCCC)COC(=O)CCCCCCCCCCCC/C=C\C/C=C\C/C=C\CCCCCCC. The van der Waals surface area contributed by atoms with Gasteiger partial charge < -0.3 is 14.2 Å². The highest BCUT2D eigenvalue weighted by Gasteiger charge is 2.19. The second kappa shape index (κ2) is 56.7. The average Bonchev–Trinajstić information content (AvgIpc) is 3.34. The number of hydrogen-bond acceptors (Lipinski definition) is 6. The molecular weight excluding hydrogens is 841 g/mol. The minimum Gasteiger partial charge on any atom is -0.462 e. The number of carbonyl (C=O) groups excluding carboxylic acids is 3. The Morgan fingerprint density at radius 2 is 0.529 bits per heavy atom. The maximum absolute atomic E-state index is 12.8. The van der Waals surface area contributed by atoms with E-state index in [4.69, 9.17) is 14.2 Å². The molecule has 0 aliphatic carbocycles. The maximum Gasteiger partial charge on any atom is 0.306 e. The largest absolute Gasteiger partial charge is 0.462 e. The van der Waals surface area contributed by atoms with Crippen molar-refractivity contribution in [2.24, 2.45) is 0 Å². The predicted molar refractivity (Wildman–Crippen MR) is 293 cm³/mol. The summed E-state index contributed by atoms with van der Waals surface area (Å²) in [7, 11) is 0. The predicted octanol–water partition coefficient (Wildman–Crippen LogP) is 19.6. The molecule has 0 radical (unpaired) electrons. The van der Waals surface area contributed by atoms with E-state index in [9.17, 15) is 14.4 Å². The van der Waals surface area contributed by atoms with Crippen LogP contribution in [0.15, 0.2) is 60.8 Å². The third-order valence-corrected chi connectivity index (χ3v) is 12.7. The molecule has 0 aromatic heterocycles. The first kappa shape index (κ1) is 65.1. The van der Waals surface area contributed by atoms with E-state index in [0.29, 0.717) is 19.3 Å². The second-order valence-electron chi connectivity index (χ2n) is 19.6. The van der Waals surface area contributed by atoms with Crippen LogP contribution in [0.1, 0.15) is 297 Å². The number of unbranched alkanes of at least 4 members (excludes halogenated alkanes) is 32. The third-order valence-electron chi connectivity index (χ3n) is 12.7. The molecule has 0 heterocycles. The van der Waals surface area contributed by atoms with Gasteiger partial charge in [-0.1, -0.05) is 248 Å². The lowest BCUT2D eigenvalue weighted by Gasteiger charge is -2.18. The molecule has 6 nitrogen and oxygen atoms in total.